The van der Waals surface area contributed by atoms with Crippen molar-refractivity contribution < 1.29 is 9.53 Å². The molecular weight excluding hydrogens is 506 g/mol. The van der Waals surface area contributed by atoms with Gasteiger partial charge < -0.3 is 14.5 Å². The number of likely N-dealkylation sites (tertiary alicyclic amines) is 1. The monoisotopic (exact) mass is 551 g/mol. The van der Waals surface area contributed by atoms with Gasteiger partial charge in [-0.1, -0.05) is 55.1 Å². The van der Waals surface area contributed by atoms with Crippen LogP contribution in [0.5, 0.6) is 5.75 Å². The molecule has 0 N–H and O–H groups in total. The maximum Gasteiger partial charge on any atom is 0.227 e. The fourth-order valence-corrected chi connectivity index (χ4v) is 7.14. The zero-order valence-corrected chi connectivity index (χ0v) is 24.7. The Labute approximate surface area is 240 Å². The summed E-state index contributed by atoms with van der Waals surface area (Å²) in [5, 5.41) is 0.778. The minimum Gasteiger partial charge on any atom is -0.491 e. The van der Waals surface area contributed by atoms with Crippen LogP contribution in [0.15, 0.2) is 48.5 Å². The maximum absolute atomic E-state index is 13.5. The molecule has 2 aromatic rings. The van der Waals surface area contributed by atoms with E-state index in [-0.39, 0.29) is 17.4 Å². The molecule has 5 rings (SSSR count). The predicted molar refractivity (Wildman–Crippen MR) is 160 cm³/mol. The molecule has 212 valence electrons. The first kappa shape index (κ1) is 28.4. The summed E-state index contributed by atoms with van der Waals surface area (Å²) in [6, 6.07) is 17.1. The van der Waals surface area contributed by atoms with Crippen LogP contribution in [0.3, 0.4) is 0 Å². The first-order valence-corrected chi connectivity index (χ1v) is 15.5. The number of ether oxygens (including phenoxy) is 1. The van der Waals surface area contributed by atoms with E-state index in [0.717, 1.165) is 67.9 Å². The Balaban J connectivity index is 1.22. The number of rotatable bonds is 9. The molecule has 5 nitrogen and oxygen atoms in total. The van der Waals surface area contributed by atoms with Gasteiger partial charge in [0, 0.05) is 55.7 Å². The van der Waals surface area contributed by atoms with E-state index in [4.69, 9.17) is 16.3 Å². The Morgan fingerprint density at radius 2 is 1.77 bits per heavy atom. The predicted octanol–water partition coefficient (Wildman–Crippen LogP) is 6.18. The van der Waals surface area contributed by atoms with Crippen LogP contribution in [-0.4, -0.2) is 78.6 Å². The molecule has 1 atom stereocenters. The molecule has 1 unspecified atom stereocenters. The van der Waals surface area contributed by atoms with Crippen molar-refractivity contribution in [2.75, 3.05) is 45.8 Å². The minimum absolute atomic E-state index is 0.0519. The van der Waals surface area contributed by atoms with Gasteiger partial charge in [-0.3, -0.25) is 9.69 Å². The van der Waals surface area contributed by atoms with E-state index in [1.165, 1.54) is 50.8 Å². The SMILES string of the molecule is CC(C)Oc1cccc(CC(=O)N2CCC(CCN3CCN(C4CCCCC4)CC3)(c3cccc(Cl)c3)C2)c1. The van der Waals surface area contributed by atoms with Crippen LogP contribution in [0.2, 0.25) is 5.02 Å². The zero-order chi connectivity index (χ0) is 27.2. The van der Waals surface area contributed by atoms with E-state index < -0.39 is 0 Å². The van der Waals surface area contributed by atoms with Crippen LogP contribution in [0.25, 0.3) is 0 Å². The summed E-state index contributed by atoms with van der Waals surface area (Å²) in [6.07, 6.45) is 9.55. The third kappa shape index (κ3) is 7.36. The molecule has 2 aliphatic heterocycles. The highest BCUT2D eigenvalue weighted by Gasteiger charge is 2.41. The number of halogens is 1. The van der Waals surface area contributed by atoms with E-state index in [0.29, 0.717) is 6.42 Å². The van der Waals surface area contributed by atoms with E-state index >= 15 is 0 Å². The van der Waals surface area contributed by atoms with Crippen molar-refractivity contribution in [2.24, 2.45) is 0 Å². The van der Waals surface area contributed by atoms with Gasteiger partial charge >= 0.3 is 0 Å². The Morgan fingerprint density at radius 3 is 2.51 bits per heavy atom. The highest BCUT2D eigenvalue weighted by Crippen LogP contribution is 2.39. The molecule has 0 aromatic heterocycles. The quantitative estimate of drug-likeness (QED) is 0.373. The van der Waals surface area contributed by atoms with Crippen molar-refractivity contribution in [1.29, 1.82) is 0 Å². The number of piperazine rings is 1. The highest BCUT2D eigenvalue weighted by atomic mass is 35.5. The number of benzene rings is 2. The summed E-state index contributed by atoms with van der Waals surface area (Å²) < 4.78 is 5.85. The van der Waals surface area contributed by atoms with Gasteiger partial charge in [0.25, 0.3) is 0 Å². The molecule has 0 bridgehead atoms. The Hall–Kier alpha value is -2.08. The molecule has 1 amide bonds. The zero-order valence-electron chi connectivity index (χ0n) is 23.9. The normalized spacial score (nSPS) is 23.4. The smallest absolute Gasteiger partial charge is 0.227 e. The van der Waals surface area contributed by atoms with Crippen molar-refractivity contribution in [3.63, 3.8) is 0 Å². The highest BCUT2D eigenvalue weighted by molar-refractivity contribution is 6.30. The Bertz CT molecular complexity index is 1090. The van der Waals surface area contributed by atoms with Crippen LogP contribution in [-0.2, 0) is 16.6 Å². The fraction of sp³-hybridized carbons (Fsp3) is 0.606. The lowest BCUT2D eigenvalue weighted by molar-refractivity contribution is -0.129. The first-order valence-electron chi connectivity index (χ1n) is 15.2. The number of carbonyl (C=O) groups is 1. The Kier molecular flexibility index (Phi) is 9.52. The van der Waals surface area contributed by atoms with Gasteiger partial charge in [0.1, 0.15) is 5.75 Å². The first-order chi connectivity index (χ1) is 18.9. The van der Waals surface area contributed by atoms with Crippen molar-refractivity contribution in [3.8, 4) is 5.75 Å². The van der Waals surface area contributed by atoms with Crippen molar-refractivity contribution in [3.05, 3.63) is 64.7 Å². The summed E-state index contributed by atoms with van der Waals surface area (Å²) >= 11 is 6.47. The van der Waals surface area contributed by atoms with Crippen LogP contribution in [0, 0.1) is 0 Å². The second-order valence-corrected chi connectivity index (χ2v) is 12.7. The van der Waals surface area contributed by atoms with Crippen molar-refractivity contribution >= 4 is 17.5 Å². The lowest BCUT2D eigenvalue weighted by Crippen LogP contribution is -2.51. The molecule has 2 aromatic carbocycles. The lowest BCUT2D eigenvalue weighted by Gasteiger charge is -2.41. The number of hydrogen-bond acceptors (Lipinski definition) is 4. The average molecular weight is 552 g/mol. The molecule has 0 spiro atoms. The average Bonchev–Trinajstić information content (AvgIpc) is 3.39. The van der Waals surface area contributed by atoms with Gasteiger partial charge in [-0.25, -0.2) is 0 Å². The van der Waals surface area contributed by atoms with Crippen LogP contribution < -0.4 is 4.74 Å². The van der Waals surface area contributed by atoms with E-state index in [2.05, 4.69) is 32.9 Å². The second-order valence-electron chi connectivity index (χ2n) is 12.3. The van der Waals surface area contributed by atoms with Crippen LogP contribution in [0.4, 0.5) is 0 Å². The number of carbonyl (C=O) groups excluding carboxylic acids is 1. The van der Waals surface area contributed by atoms with Gasteiger partial charge in [-0.05, 0) is 81.5 Å². The van der Waals surface area contributed by atoms with Gasteiger partial charge in [-0.15, -0.1) is 0 Å². The molecular formula is C33H46ClN3O2. The molecule has 1 saturated carbocycles. The van der Waals surface area contributed by atoms with E-state index in [9.17, 15) is 4.79 Å². The third-order valence-corrected chi connectivity index (χ3v) is 9.41. The Morgan fingerprint density at radius 1 is 1.00 bits per heavy atom. The topological polar surface area (TPSA) is 36.0 Å². The summed E-state index contributed by atoms with van der Waals surface area (Å²) in [5.41, 5.74) is 2.23. The van der Waals surface area contributed by atoms with Gasteiger partial charge in [0.05, 0.1) is 12.5 Å². The lowest BCUT2D eigenvalue weighted by atomic mass is 9.76. The molecule has 2 saturated heterocycles. The number of hydrogen-bond donors (Lipinski definition) is 0. The van der Waals surface area contributed by atoms with Crippen LogP contribution in [0.1, 0.15) is 69.9 Å². The molecule has 39 heavy (non-hydrogen) atoms. The minimum atomic E-state index is -0.0519. The van der Waals surface area contributed by atoms with Crippen molar-refractivity contribution in [1.82, 2.24) is 14.7 Å². The largest absolute Gasteiger partial charge is 0.491 e. The van der Waals surface area contributed by atoms with Gasteiger partial charge in [0.15, 0.2) is 0 Å². The molecule has 3 aliphatic rings. The van der Waals surface area contributed by atoms with Crippen LogP contribution >= 0.6 is 11.6 Å². The molecule has 2 heterocycles. The van der Waals surface area contributed by atoms with E-state index in [1.54, 1.807) is 0 Å². The molecule has 0 radical (unpaired) electrons. The van der Waals surface area contributed by atoms with Gasteiger partial charge in [-0.2, -0.15) is 0 Å². The second kappa shape index (κ2) is 13.1. The number of amides is 1. The number of nitrogens with zero attached hydrogens (tertiary/aromatic N) is 3. The maximum atomic E-state index is 13.5. The third-order valence-electron chi connectivity index (χ3n) is 9.17. The van der Waals surface area contributed by atoms with Crippen molar-refractivity contribution in [2.45, 2.75) is 82.8 Å². The summed E-state index contributed by atoms with van der Waals surface area (Å²) in [6.45, 7) is 11.4. The fourth-order valence-electron chi connectivity index (χ4n) is 6.95. The van der Waals surface area contributed by atoms with Gasteiger partial charge in [0.2, 0.25) is 5.91 Å². The summed E-state index contributed by atoms with van der Waals surface area (Å²) in [4.78, 5) is 20.9. The molecule has 1 aliphatic carbocycles. The summed E-state index contributed by atoms with van der Waals surface area (Å²) in [5.74, 6) is 1.02. The standard InChI is InChI=1S/C33H46ClN3O2/c1-26(2)39-31-13-6-8-27(22-31)23-32(38)37-17-15-33(25-37,28-9-7-10-29(34)24-28)14-16-35-18-20-36(21-19-35)30-11-4-3-5-12-30/h6-10,13,22,24,26,30H,3-5,11-12,14-21,23,25H2,1-2H3. The van der Waals surface area contributed by atoms with E-state index in [1.807, 2.05) is 44.2 Å². The molecule has 6 heteroatoms. The summed E-state index contributed by atoms with van der Waals surface area (Å²) in [7, 11) is 0. The molecule has 3 fully saturated rings.